The highest BCUT2D eigenvalue weighted by molar-refractivity contribution is 5.75. The summed E-state index contributed by atoms with van der Waals surface area (Å²) >= 11 is 0. The van der Waals surface area contributed by atoms with Crippen LogP contribution < -0.4 is 10.6 Å². The van der Waals surface area contributed by atoms with Gasteiger partial charge in [-0.25, -0.2) is 4.79 Å². The zero-order chi connectivity index (χ0) is 15.2. The molecule has 20 heavy (non-hydrogen) atoms. The molecule has 0 aromatic rings. The number of hydrogen-bond acceptors (Lipinski definition) is 2. The lowest BCUT2D eigenvalue weighted by Gasteiger charge is -2.32. The summed E-state index contributed by atoms with van der Waals surface area (Å²) in [5, 5.41) is 13.3. The van der Waals surface area contributed by atoms with Gasteiger partial charge in [-0.3, -0.25) is 4.79 Å². The van der Waals surface area contributed by atoms with E-state index in [0.717, 1.165) is 12.8 Å². The number of urea groups is 1. The number of carbonyl (C=O) groups is 2. The maximum Gasteiger partial charge on any atom is 0.389 e. The highest BCUT2D eigenvalue weighted by Gasteiger charge is 2.37. The van der Waals surface area contributed by atoms with Crippen LogP contribution in [0, 0.1) is 5.92 Å². The number of hydrogen-bond donors (Lipinski definition) is 3. The summed E-state index contributed by atoms with van der Waals surface area (Å²) in [4.78, 5) is 21.8. The minimum atomic E-state index is -4.23. The van der Waals surface area contributed by atoms with E-state index >= 15 is 0 Å². The summed E-state index contributed by atoms with van der Waals surface area (Å²) in [6, 6.07) is -1.11. The molecule has 0 radical (unpaired) electrons. The van der Waals surface area contributed by atoms with Crippen molar-refractivity contribution < 1.29 is 27.9 Å². The predicted molar refractivity (Wildman–Crippen MR) is 65.2 cm³/mol. The second-order valence-electron chi connectivity index (χ2n) is 5.01. The van der Waals surface area contributed by atoms with Crippen LogP contribution in [0.4, 0.5) is 18.0 Å². The minimum Gasteiger partial charge on any atom is -0.481 e. The van der Waals surface area contributed by atoms with Gasteiger partial charge in [0.2, 0.25) is 0 Å². The maximum atomic E-state index is 12.4. The molecule has 0 unspecified atom stereocenters. The van der Waals surface area contributed by atoms with E-state index in [9.17, 15) is 22.8 Å². The van der Waals surface area contributed by atoms with Crippen molar-refractivity contribution in [3.05, 3.63) is 0 Å². The molecular formula is C12H19F3N2O3. The Hall–Kier alpha value is -1.47. The summed E-state index contributed by atoms with van der Waals surface area (Å²) in [6.45, 7) is -0.0438. The number of carbonyl (C=O) groups excluding carboxylic acids is 1. The van der Waals surface area contributed by atoms with Crippen LogP contribution >= 0.6 is 0 Å². The van der Waals surface area contributed by atoms with Crippen molar-refractivity contribution >= 4 is 12.0 Å². The van der Waals surface area contributed by atoms with Crippen LogP contribution in [-0.4, -0.2) is 35.9 Å². The third kappa shape index (κ3) is 6.63. The first-order chi connectivity index (χ1) is 9.28. The first kappa shape index (κ1) is 16.6. The largest absolute Gasteiger partial charge is 0.481 e. The van der Waals surface area contributed by atoms with Crippen LogP contribution in [0.5, 0.6) is 0 Å². The molecule has 2 amide bonds. The summed E-state index contributed by atoms with van der Waals surface area (Å²) in [5.74, 6) is -1.65. The molecule has 5 nitrogen and oxygen atoms in total. The molecule has 0 bridgehead atoms. The Morgan fingerprint density at radius 2 is 1.85 bits per heavy atom. The van der Waals surface area contributed by atoms with Crippen LogP contribution in [0.3, 0.4) is 0 Å². The lowest BCUT2D eigenvalue weighted by molar-refractivity contribution is -0.148. The molecule has 1 rings (SSSR count). The van der Waals surface area contributed by atoms with Crippen molar-refractivity contribution in [2.24, 2.45) is 5.92 Å². The van der Waals surface area contributed by atoms with Crippen LogP contribution in [0.1, 0.15) is 38.5 Å². The molecule has 3 N–H and O–H groups in total. The fourth-order valence-corrected chi connectivity index (χ4v) is 2.44. The van der Waals surface area contributed by atoms with Crippen LogP contribution in [0.2, 0.25) is 0 Å². The standard InChI is InChI=1S/C12H19F3N2O3/c13-12(14,15)7-8-3-1-2-4-9(8)17-11(20)16-6-5-10(18)19/h8-9H,1-7H2,(H,18,19)(H2,16,17,20)/t8-,9-/m0/s1. The maximum absolute atomic E-state index is 12.4. The Balaban J connectivity index is 2.41. The van der Waals surface area contributed by atoms with E-state index in [1.807, 2.05) is 0 Å². The van der Waals surface area contributed by atoms with Gasteiger partial charge in [-0.2, -0.15) is 13.2 Å². The molecule has 1 fully saturated rings. The number of aliphatic carboxylic acids is 1. The molecule has 2 atom stereocenters. The van der Waals surface area contributed by atoms with E-state index in [4.69, 9.17) is 5.11 Å². The molecular weight excluding hydrogens is 277 g/mol. The number of nitrogens with one attached hydrogen (secondary N) is 2. The van der Waals surface area contributed by atoms with Gasteiger partial charge in [0.25, 0.3) is 0 Å². The van der Waals surface area contributed by atoms with E-state index in [1.165, 1.54) is 0 Å². The van der Waals surface area contributed by atoms with Crippen LogP contribution in [0.15, 0.2) is 0 Å². The Morgan fingerprint density at radius 1 is 1.20 bits per heavy atom. The van der Waals surface area contributed by atoms with Gasteiger partial charge in [0.15, 0.2) is 0 Å². The summed E-state index contributed by atoms with van der Waals surface area (Å²) in [6.07, 6.45) is -2.86. The monoisotopic (exact) mass is 296 g/mol. The number of carboxylic acids is 1. The third-order valence-electron chi connectivity index (χ3n) is 3.34. The molecule has 1 saturated carbocycles. The first-order valence-corrected chi connectivity index (χ1v) is 6.61. The molecule has 8 heteroatoms. The van der Waals surface area contributed by atoms with Gasteiger partial charge >= 0.3 is 18.2 Å². The molecule has 0 aliphatic heterocycles. The smallest absolute Gasteiger partial charge is 0.389 e. The predicted octanol–water partition coefficient (Wildman–Crippen LogP) is 2.27. The fraction of sp³-hybridized carbons (Fsp3) is 0.833. The number of carboxylic acid groups (broad SMARTS) is 1. The van der Waals surface area contributed by atoms with E-state index in [2.05, 4.69) is 10.6 Å². The van der Waals surface area contributed by atoms with Crippen LogP contribution in [0.25, 0.3) is 0 Å². The molecule has 0 saturated heterocycles. The topological polar surface area (TPSA) is 78.4 Å². The van der Waals surface area contributed by atoms with E-state index in [-0.39, 0.29) is 13.0 Å². The molecule has 1 aliphatic carbocycles. The molecule has 0 spiro atoms. The van der Waals surface area contributed by atoms with Gasteiger partial charge in [-0.05, 0) is 18.8 Å². The number of halogens is 3. The van der Waals surface area contributed by atoms with Crippen molar-refractivity contribution in [2.45, 2.75) is 50.7 Å². The van der Waals surface area contributed by atoms with Crippen molar-refractivity contribution in [2.75, 3.05) is 6.54 Å². The zero-order valence-corrected chi connectivity index (χ0v) is 11.0. The second-order valence-corrected chi connectivity index (χ2v) is 5.01. The van der Waals surface area contributed by atoms with Crippen LogP contribution in [-0.2, 0) is 4.79 Å². The summed E-state index contributed by atoms with van der Waals surface area (Å²) < 4.78 is 37.3. The van der Waals surface area contributed by atoms with Gasteiger partial charge in [-0.1, -0.05) is 12.8 Å². The van der Waals surface area contributed by atoms with Gasteiger partial charge in [0.1, 0.15) is 0 Å². The van der Waals surface area contributed by atoms with Crippen molar-refractivity contribution in [1.82, 2.24) is 10.6 Å². The quantitative estimate of drug-likeness (QED) is 0.728. The Kier molecular flexibility index (Phi) is 6.09. The third-order valence-corrected chi connectivity index (χ3v) is 3.34. The molecule has 116 valence electrons. The fourth-order valence-electron chi connectivity index (χ4n) is 2.44. The first-order valence-electron chi connectivity index (χ1n) is 6.61. The highest BCUT2D eigenvalue weighted by atomic mass is 19.4. The zero-order valence-electron chi connectivity index (χ0n) is 11.0. The molecule has 0 aromatic heterocycles. The van der Waals surface area contributed by atoms with E-state index in [1.54, 1.807) is 0 Å². The number of alkyl halides is 3. The Bertz CT molecular complexity index is 347. The SMILES string of the molecule is O=C(O)CCNC(=O)N[C@H]1CCCC[C@H]1CC(F)(F)F. The Labute approximate surface area is 114 Å². The summed E-state index contributed by atoms with van der Waals surface area (Å²) in [5.41, 5.74) is 0. The van der Waals surface area contributed by atoms with Crippen molar-refractivity contribution in [3.8, 4) is 0 Å². The normalized spacial score (nSPS) is 23.1. The molecule has 0 heterocycles. The Morgan fingerprint density at radius 3 is 2.45 bits per heavy atom. The van der Waals surface area contributed by atoms with Gasteiger partial charge in [-0.15, -0.1) is 0 Å². The van der Waals surface area contributed by atoms with Gasteiger partial charge in [0, 0.05) is 19.0 Å². The average Bonchev–Trinajstić information content (AvgIpc) is 2.29. The van der Waals surface area contributed by atoms with E-state index in [0.29, 0.717) is 12.8 Å². The molecule has 1 aliphatic rings. The average molecular weight is 296 g/mol. The number of rotatable bonds is 5. The van der Waals surface area contributed by atoms with Crippen molar-refractivity contribution in [3.63, 3.8) is 0 Å². The van der Waals surface area contributed by atoms with E-state index < -0.39 is 36.6 Å². The lowest BCUT2D eigenvalue weighted by atomic mass is 9.82. The second kappa shape index (κ2) is 7.35. The highest BCUT2D eigenvalue weighted by Crippen LogP contribution is 2.34. The summed E-state index contributed by atoms with van der Waals surface area (Å²) in [7, 11) is 0. The molecule has 0 aromatic carbocycles. The van der Waals surface area contributed by atoms with Crippen molar-refractivity contribution in [1.29, 1.82) is 0 Å². The van der Waals surface area contributed by atoms with Gasteiger partial charge in [0.05, 0.1) is 6.42 Å². The van der Waals surface area contributed by atoms with Gasteiger partial charge < -0.3 is 15.7 Å². The number of amides is 2. The minimum absolute atomic E-state index is 0.0438. The lowest BCUT2D eigenvalue weighted by Crippen LogP contribution is -2.48.